The monoisotopic (exact) mass is 489 g/mol. The average Bonchev–Trinajstić information content (AvgIpc) is 3.32. The van der Waals surface area contributed by atoms with E-state index in [9.17, 15) is 9.59 Å². The Balaban J connectivity index is 1.83. The van der Waals surface area contributed by atoms with Crippen molar-refractivity contribution in [3.63, 3.8) is 0 Å². The molecule has 0 radical (unpaired) electrons. The number of carbonyl (C=O) groups is 2. The van der Waals surface area contributed by atoms with Gasteiger partial charge in [-0.05, 0) is 41.3 Å². The number of imide groups is 1. The number of aromatic nitrogens is 1. The van der Waals surface area contributed by atoms with E-state index in [0.717, 1.165) is 40.0 Å². The summed E-state index contributed by atoms with van der Waals surface area (Å²) in [6.45, 7) is 6.83. The smallest absolute Gasteiger partial charge is 0.259 e. The summed E-state index contributed by atoms with van der Waals surface area (Å²) in [7, 11) is 4.71. The highest BCUT2D eigenvalue weighted by atomic mass is 16.5. The maximum Gasteiger partial charge on any atom is 0.259 e. The second kappa shape index (κ2) is 8.93. The molecule has 0 fully saturated rings. The molecule has 0 saturated heterocycles. The minimum atomic E-state index is -0.447. The number of benzene rings is 2. The highest BCUT2D eigenvalue weighted by molar-refractivity contribution is 6.11. The molecular formula is C28H31N3O5. The van der Waals surface area contributed by atoms with E-state index in [4.69, 9.17) is 14.2 Å². The lowest BCUT2D eigenvalue weighted by atomic mass is 9.84. The number of carbonyl (C=O) groups excluding carboxylic acids is 2. The van der Waals surface area contributed by atoms with E-state index >= 15 is 0 Å². The van der Waals surface area contributed by atoms with E-state index in [1.807, 2.05) is 24.3 Å². The first-order valence-corrected chi connectivity index (χ1v) is 12.0. The van der Waals surface area contributed by atoms with E-state index in [1.54, 1.807) is 21.3 Å². The Morgan fingerprint density at radius 1 is 1.11 bits per heavy atom. The van der Waals surface area contributed by atoms with Gasteiger partial charge in [-0.25, -0.2) is 0 Å². The van der Waals surface area contributed by atoms with Gasteiger partial charge in [0, 0.05) is 42.4 Å². The van der Waals surface area contributed by atoms with Crippen LogP contribution in [0.4, 0.5) is 5.69 Å². The first kappa shape index (κ1) is 23.8. The zero-order valence-corrected chi connectivity index (χ0v) is 21.5. The van der Waals surface area contributed by atoms with Gasteiger partial charge in [0.05, 0.1) is 39.0 Å². The quantitative estimate of drug-likeness (QED) is 0.548. The molecule has 2 aliphatic rings. The highest BCUT2D eigenvalue weighted by Crippen LogP contribution is 2.49. The van der Waals surface area contributed by atoms with Crippen molar-refractivity contribution in [2.45, 2.75) is 33.2 Å². The number of hydrogen-bond donors (Lipinski definition) is 1. The first-order valence-electron chi connectivity index (χ1n) is 12.0. The lowest BCUT2D eigenvalue weighted by molar-refractivity contribution is -0.139. The van der Waals surface area contributed by atoms with Gasteiger partial charge in [-0.3, -0.25) is 14.5 Å². The van der Waals surface area contributed by atoms with Gasteiger partial charge >= 0.3 is 0 Å². The van der Waals surface area contributed by atoms with Crippen LogP contribution in [0.25, 0.3) is 10.9 Å². The van der Waals surface area contributed by atoms with Crippen LogP contribution in [0.3, 0.4) is 0 Å². The zero-order chi connectivity index (χ0) is 25.7. The van der Waals surface area contributed by atoms with Gasteiger partial charge in [0.25, 0.3) is 5.91 Å². The van der Waals surface area contributed by atoms with Crippen molar-refractivity contribution in [3.05, 3.63) is 58.9 Å². The number of amides is 2. The summed E-state index contributed by atoms with van der Waals surface area (Å²) in [5.41, 5.74) is 5.11. The third-order valence-electron chi connectivity index (χ3n) is 6.90. The Kier molecular flexibility index (Phi) is 5.90. The van der Waals surface area contributed by atoms with Gasteiger partial charge in [0.15, 0.2) is 11.5 Å². The largest absolute Gasteiger partial charge is 0.493 e. The SMILES string of the molecule is COc1cc([C@H]2C3=C(CN(C(C)=O)C3=O)Nc3cccc4c3c2cn4CC(C)C)cc(OC)c1OC. The van der Waals surface area contributed by atoms with Gasteiger partial charge in [-0.2, -0.15) is 0 Å². The molecule has 0 saturated carbocycles. The molecule has 1 N–H and O–H groups in total. The van der Waals surface area contributed by atoms with Crippen LogP contribution in [-0.4, -0.2) is 49.2 Å². The summed E-state index contributed by atoms with van der Waals surface area (Å²) < 4.78 is 19.1. The number of hydrogen-bond acceptors (Lipinski definition) is 6. The van der Waals surface area contributed by atoms with Gasteiger partial charge < -0.3 is 24.1 Å². The van der Waals surface area contributed by atoms with Gasteiger partial charge in [-0.15, -0.1) is 0 Å². The average molecular weight is 490 g/mol. The minimum Gasteiger partial charge on any atom is -0.493 e. The Morgan fingerprint density at radius 2 is 1.81 bits per heavy atom. The number of ether oxygens (including phenoxy) is 3. The third-order valence-corrected chi connectivity index (χ3v) is 6.90. The Morgan fingerprint density at radius 3 is 2.39 bits per heavy atom. The third kappa shape index (κ3) is 3.59. The molecule has 0 spiro atoms. The van der Waals surface area contributed by atoms with E-state index in [-0.39, 0.29) is 18.4 Å². The summed E-state index contributed by atoms with van der Waals surface area (Å²) in [4.78, 5) is 27.4. The van der Waals surface area contributed by atoms with Crippen molar-refractivity contribution in [2.75, 3.05) is 33.2 Å². The molecule has 5 rings (SSSR count). The summed E-state index contributed by atoms with van der Waals surface area (Å²) in [6, 6.07) is 9.93. The van der Waals surface area contributed by atoms with Crippen LogP contribution >= 0.6 is 0 Å². The van der Waals surface area contributed by atoms with E-state index < -0.39 is 5.92 Å². The molecular weight excluding hydrogens is 458 g/mol. The van der Waals surface area contributed by atoms with Gasteiger partial charge in [0.1, 0.15) is 0 Å². The molecule has 2 aromatic carbocycles. The number of nitrogens with one attached hydrogen (secondary N) is 1. The number of anilines is 1. The molecule has 1 aromatic heterocycles. The van der Waals surface area contributed by atoms with Crippen molar-refractivity contribution in [1.82, 2.24) is 9.47 Å². The number of rotatable bonds is 6. The van der Waals surface area contributed by atoms with Crippen LogP contribution in [0.15, 0.2) is 47.8 Å². The van der Waals surface area contributed by atoms with E-state index in [1.165, 1.54) is 11.8 Å². The van der Waals surface area contributed by atoms with Crippen LogP contribution in [0, 0.1) is 5.92 Å². The van der Waals surface area contributed by atoms with Crippen LogP contribution in [0.1, 0.15) is 37.8 Å². The van der Waals surface area contributed by atoms with E-state index in [0.29, 0.717) is 28.7 Å². The normalized spacial score (nSPS) is 16.8. The molecule has 8 heteroatoms. The molecule has 188 valence electrons. The fourth-order valence-corrected chi connectivity index (χ4v) is 5.43. The fraction of sp³-hybridized carbons (Fsp3) is 0.357. The Bertz CT molecular complexity index is 1390. The molecule has 36 heavy (non-hydrogen) atoms. The number of methoxy groups -OCH3 is 3. The highest BCUT2D eigenvalue weighted by Gasteiger charge is 2.42. The minimum absolute atomic E-state index is 0.205. The maximum absolute atomic E-state index is 13.7. The zero-order valence-electron chi connectivity index (χ0n) is 21.5. The molecule has 1 atom stereocenters. The lowest BCUT2D eigenvalue weighted by Crippen LogP contribution is -2.33. The maximum atomic E-state index is 13.7. The van der Waals surface area contributed by atoms with Gasteiger partial charge in [-0.1, -0.05) is 19.9 Å². The predicted molar refractivity (Wildman–Crippen MR) is 138 cm³/mol. The van der Waals surface area contributed by atoms with Crippen molar-refractivity contribution in [1.29, 1.82) is 0 Å². The summed E-state index contributed by atoms with van der Waals surface area (Å²) in [5.74, 6) is 0.908. The predicted octanol–water partition coefficient (Wildman–Crippen LogP) is 4.52. The van der Waals surface area contributed by atoms with Gasteiger partial charge in [0.2, 0.25) is 11.7 Å². The molecule has 2 amide bonds. The molecule has 8 nitrogen and oxygen atoms in total. The summed E-state index contributed by atoms with van der Waals surface area (Å²) in [6.07, 6.45) is 2.14. The lowest BCUT2D eigenvalue weighted by Gasteiger charge is -2.22. The molecule has 2 aliphatic heterocycles. The fourth-order valence-electron chi connectivity index (χ4n) is 5.43. The van der Waals surface area contributed by atoms with Crippen LogP contribution < -0.4 is 19.5 Å². The van der Waals surface area contributed by atoms with E-state index in [2.05, 4.69) is 36.0 Å². The molecule has 3 aromatic rings. The Labute approximate surface area is 210 Å². The molecule has 0 bridgehead atoms. The van der Waals surface area contributed by atoms with Crippen molar-refractivity contribution in [2.24, 2.45) is 5.92 Å². The number of nitrogens with zero attached hydrogens (tertiary/aromatic N) is 2. The molecule has 0 aliphatic carbocycles. The Hall–Kier alpha value is -3.94. The topological polar surface area (TPSA) is 82.0 Å². The van der Waals surface area contributed by atoms with Crippen molar-refractivity contribution >= 4 is 28.4 Å². The van der Waals surface area contributed by atoms with Crippen LogP contribution in [0.5, 0.6) is 17.2 Å². The van der Waals surface area contributed by atoms with Crippen LogP contribution in [-0.2, 0) is 16.1 Å². The van der Waals surface area contributed by atoms with Crippen molar-refractivity contribution in [3.8, 4) is 17.2 Å². The van der Waals surface area contributed by atoms with Crippen molar-refractivity contribution < 1.29 is 23.8 Å². The standard InChI is InChI=1S/C28H31N3O5/c1-15(2)12-30-13-18-24(17-10-22(34-4)27(36-6)23(11-17)35-5)26-20(14-31(16(3)32)28(26)33)29-19-8-7-9-21(30)25(18)19/h7-11,13,15,24,29H,12,14H2,1-6H3/t24-/m1/s1. The molecule has 0 unspecified atom stereocenters. The summed E-state index contributed by atoms with van der Waals surface area (Å²) >= 11 is 0. The first-order chi connectivity index (χ1) is 17.3. The second-order valence-corrected chi connectivity index (χ2v) is 9.65. The summed E-state index contributed by atoms with van der Waals surface area (Å²) in [5, 5.41) is 4.57. The van der Waals surface area contributed by atoms with Crippen LogP contribution in [0.2, 0.25) is 0 Å². The second-order valence-electron chi connectivity index (χ2n) is 9.65. The molecule has 3 heterocycles.